The summed E-state index contributed by atoms with van der Waals surface area (Å²) in [5, 5.41) is 12.9. The van der Waals surface area contributed by atoms with Crippen molar-refractivity contribution in [2.24, 2.45) is 0 Å². The Kier molecular flexibility index (Phi) is 4.36. The van der Waals surface area contributed by atoms with E-state index in [-0.39, 0.29) is 5.91 Å². The normalized spacial score (nSPS) is 13.6. The Morgan fingerprint density at radius 1 is 1.23 bits per heavy atom. The topological polar surface area (TPSA) is 52.9 Å². The van der Waals surface area contributed by atoms with Gasteiger partial charge in [0.05, 0.1) is 5.56 Å². The van der Waals surface area contributed by atoms with Crippen molar-refractivity contribution < 1.29 is 4.79 Å². The number of carbonyl (C=O) groups is 1. The highest BCUT2D eigenvalue weighted by atomic mass is 32.1. The first-order valence-corrected chi connectivity index (χ1v) is 8.18. The van der Waals surface area contributed by atoms with Gasteiger partial charge in [0.1, 0.15) is 11.1 Å². The molecular formula is C18H16N2OS. The average molecular weight is 308 g/mol. The number of fused-ring (bicyclic) bond motifs is 1. The largest absolute Gasteiger partial charge is 0.313 e. The molecule has 0 saturated heterocycles. The van der Waals surface area contributed by atoms with Crippen molar-refractivity contribution in [2.75, 3.05) is 5.32 Å². The van der Waals surface area contributed by atoms with E-state index >= 15 is 0 Å². The molecule has 1 heterocycles. The molecule has 110 valence electrons. The second kappa shape index (κ2) is 6.59. The number of rotatable bonds is 3. The van der Waals surface area contributed by atoms with Gasteiger partial charge in [-0.2, -0.15) is 5.26 Å². The Morgan fingerprint density at radius 2 is 2.00 bits per heavy atom. The fraction of sp³-hybridized carbons (Fsp3) is 0.222. The molecule has 1 aliphatic carbocycles. The minimum Gasteiger partial charge on any atom is -0.313 e. The Bertz CT molecular complexity index is 753. The molecule has 4 heteroatoms. The number of amides is 1. The Labute approximate surface area is 133 Å². The Hall–Kier alpha value is -2.38. The summed E-state index contributed by atoms with van der Waals surface area (Å²) in [5.41, 5.74) is 2.77. The van der Waals surface area contributed by atoms with E-state index < -0.39 is 0 Å². The molecule has 1 N–H and O–H groups in total. The summed E-state index contributed by atoms with van der Waals surface area (Å²) in [7, 11) is 0. The maximum Gasteiger partial charge on any atom is 0.249 e. The molecule has 0 spiro atoms. The van der Waals surface area contributed by atoms with E-state index in [0.717, 1.165) is 30.4 Å². The van der Waals surface area contributed by atoms with Gasteiger partial charge in [0.15, 0.2) is 0 Å². The molecule has 22 heavy (non-hydrogen) atoms. The number of carbonyl (C=O) groups excluding carboxylic acids is 1. The van der Waals surface area contributed by atoms with E-state index in [0.29, 0.717) is 10.6 Å². The first-order chi connectivity index (χ1) is 10.8. The molecule has 1 aliphatic rings. The fourth-order valence-electron chi connectivity index (χ4n) is 2.66. The van der Waals surface area contributed by atoms with Crippen LogP contribution in [0.4, 0.5) is 5.00 Å². The highest BCUT2D eigenvalue weighted by Crippen LogP contribution is 2.37. The number of aryl methyl sites for hydroxylation is 1. The maximum absolute atomic E-state index is 12.1. The third-order valence-corrected chi connectivity index (χ3v) is 4.95. The van der Waals surface area contributed by atoms with Crippen LogP contribution in [0.15, 0.2) is 36.4 Å². The zero-order valence-corrected chi connectivity index (χ0v) is 13.0. The van der Waals surface area contributed by atoms with Crippen molar-refractivity contribution in [2.45, 2.75) is 25.7 Å². The van der Waals surface area contributed by atoms with Crippen molar-refractivity contribution in [1.82, 2.24) is 0 Å². The Balaban J connectivity index is 1.76. The average Bonchev–Trinajstić information content (AvgIpc) is 2.91. The standard InChI is InChI=1S/C18H16N2OS/c19-12-15-14-8-4-5-9-16(14)22-18(15)20-17(21)11-10-13-6-2-1-3-7-13/h1-3,6-7,10-11H,4-5,8-9H2,(H,20,21)/b11-10+. The number of benzene rings is 1. The Morgan fingerprint density at radius 3 is 2.77 bits per heavy atom. The van der Waals surface area contributed by atoms with Gasteiger partial charge < -0.3 is 5.32 Å². The van der Waals surface area contributed by atoms with Crippen molar-refractivity contribution in [1.29, 1.82) is 5.26 Å². The van der Waals surface area contributed by atoms with Gasteiger partial charge in [-0.15, -0.1) is 11.3 Å². The summed E-state index contributed by atoms with van der Waals surface area (Å²) in [6.07, 6.45) is 7.54. The molecule has 0 radical (unpaired) electrons. The molecule has 1 aromatic carbocycles. The number of nitriles is 1. The van der Waals surface area contributed by atoms with Gasteiger partial charge >= 0.3 is 0 Å². The minimum atomic E-state index is -0.195. The summed E-state index contributed by atoms with van der Waals surface area (Å²) >= 11 is 1.55. The van der Waals surface area contributed by atoms with Crippen LogP contribution in [0.1, 0.15) is 34.4 Å². The second-order valence-corrected chi connectivity index (χ2v) is 6.37. The van der Waals surface area contributed by atoms with E-state index in [1.807, 2.05) is 30.3 Å². The molecule has 0 saturated carbocycles. The summed E-state index contributed by atoms with van der Waals surface area (Å²) < 4.78 is 0. The maximum atomic E-state index is 12.1. The third kappa shape index (κ3) is 3.10. The van der Waals surface area contributed by atoms with E-state index in [2.05, 4.69) is 11.4 Å². The van der Waals surface area contributed by atoms with Crippen LogP contribution in [-0.2, 0) is 17.6 Å². The summed E-state index contributed by atoms with van der Waals surface area (Å²) in [6, 6.07) is 11.9. The van der Waals surface area contributed by atoms with Crippen LogP contribution in [0, 0.1) is 11.3 Å². The summed E-state index contributed by atoms with van der Waals surface area (Å²) in [4.78, 5) is 13.3. The summed E-state index contributed by atoms with van der Waals surface area (Å²) in [5.74, 6) is -0.195. The molecule has 0 atom stereocenters. The van der Waals surface area contributed by atoms with Crippen LogP contribution in [0.5, 0.6) is 0 Å². The number of hydrogen-bond acceptors (Lipinski definition) is 3. The lowest BCUT2D eigenvalue weighted by Crippen LogP contribution is -2.07. The number of nitrogens with one attached hydrogen (secondary N) is 1. The quantitative estimate of drug-likeness (QED) is 0.866. The van der Waals surface area contributed by atoms with Gasteiger partial charge in [-0.25, -0.2) is 0 Å². The molecule has 0 unspecified atom stereocenters. The van der Waals surface area contributed by atoms with Crippen LogP contribution >= 0.6 is 11.3 Å². The zero-order valence-electron chi connectivity index (χ0n) is 12.1. The monoisotopic (exact) mass is 308 g/mol. The van der Waals surface area contributed by atoms with E-state index in [4.69, 9.17) is 0 Å². The lowest BCUT2D eigenvalue weighted by atomic mass is 9.96. The molecule has 1 aromatic heterocycles. The van der Waals surface area contributed by atoms with Gasteiger partial charge in [-0.1, -0.05) is 30.3 Å². The molecule has 0 aliphatic heterocycles. The van der Waals surface area contributed by atoms with Crippen molar-refractivity contribution in [3.8, 4) is 6.07 Å². The highest BCUT2D eigenvalue weighted by Gasteiger charge is 2.21. The molecule has 1 amide bonds. The second-order valence-electron chi connectivity index (χ2n) is 5.26. The van der Waals surface area contributed by atoms with Gasteiger partial charge in [-0.3, -0.25) is 4.79 Å². The van der Waals surface area contributed by atoms with Gasteiger partial charge in [-0.05, 0) is 42.9 Å². The predicted octanol–water partition coefficient (Wildman–Crippen LogP) is 4.15. The molecular weight excluding hydrogens is 292 g/mol. The molecule has 2 aromatic rings. The van der Waals surface area contributed by atoms with Gasteiger partial charge in [0, 0.05) is 11.0 Å². The SMILES string of the molecule is N#Cc1c(NC(=O)/C=C/c2ccccc2)sc2c1CCCC2. The first kappa shape index (κ1) is 14.6. The smallest absolute Gasteiger partial charge is 0.249 e. The van der Waals surface area contributed by atoms with Crippen molar-refractivity contribution in [3.63, 3.8) is 0 Å². The van der Waals surface area contributed by atoms with Crippen molar-refractivity contribution in [3.05, 3.63) is 58.0 Å². The predicted molar refractivity (Wildman–Crippen MR) is 89.8 cm³/mol. The number of hydrogen-bond donors (Lipinski definition) is 1. The number of nitrogens with zero attached hydrogens (tertiary/aromatic N) is 1. The highest BCUT2D eigenvalue weighted by molar-refractivity contribution is 7.16. The number of thiophene rings is 1. The number of anilines is 1. The third-order valence-electron chi connectivity index (χ3n) is 3.75. The molecule has 3 rings (SSSR count). The van der Waals surface area contributed by atoms with E-state index in [1.165, 1.54) is 17.4 Å². The molecule has 0 bridgehead atoms. The first-order valence-electron chi connectivity index (χ1n) is 7.36. The van der Waals surface area contributed by atoms with Crippen molar-refractivity contribution >= 4 is 28.3 Å². The molecule has 0 fully saturated rings. The molecule has 3 nitrogen and oxygen atoms in total. The lowest BCUT2D eigenvalue weighted by Gasteiger charge is -2.09. The van der Waals surface area contributed by atoms with Crippen LogP contribution in [0.25, 0.3) is 6.08 Å². The van der Waals surface area contributed by atoms with E-state index in [9.17, 15) is 10.1 Å². The van der Waals surface area contributed by atoms with Crippen LogP contribution in [-0.4, -0.2) is 5.91 Å². The van der Waals surface area contributed by atoms with Gasteiger partial charge in [0.25, 0.3) is 0 Å². The van der Waals surface area contributed by atoms with Crippen LogP contribution in [0.2, 0.25) is 0 Å². The summed E-state index contributed by atoms with van der Waals surface area (Å²) in [6.45, 7) is 0. The van der Waals surface area contributed by atoms with Crippen LogP contribution < -0.4 is 5.32 Å². The van der Waals surface area contributed by atoms with E-state index in [1.54, 1.807) is 17.4 Å². The minimum absolute atomic E-state index is 0.195. The van der Waals surface area contributed by atoms with Gasteiger partial charge in [0.2, 0.25) is 5.91 Å². The fourth-order valence-corrected chi connectivity index (χ4v) is 3.90. The zero-order chi connectivity index (χ0) is 15.4. The lowest BCUT2D eigenvalue weighted by molar-refractivity contribution is -0.111. The van der Waals surface area contributed by atoms with Crippen LogP contribution in [0.3, 0.4) is 0 Å².